The minimum absolute atomic E-state index is 0.134. The van der Waals surface area contributed by atoms with Gasteiger partial charge >= 0.3 is 5.97 Å². The lowest BCUT2D eigenvalue weighted by Crippen LogP contribution is -2.27. The molecule has 2 atom stereocenters. The van der Waals surface area contributed by atoms with Crippen LogP contribution >= 0.6 is 11.6 Å². The maximum atomic E-state index is 11.8. The molecule has 7 heteroatoms. The van der Waals surface area contributed by atoms with E-state index in [9.17, 15) is 9.90 Å². The van der Waals surface area contributed by atoms with Crippen LogP contribution < -0.4 is 5.32 Å². The fourth-order valence-corrected chi connectivity index (χ4v) is 4.65. The van der Waals surface area contributed by atoms with Crippen LogP contribution in [0.4, 0.5) is 5.82 Å². The normalized spacial score (nSPS) is 17.0. The molecule has 172 valence electrons. The Morgan fingerprint density at radius 2 is 1.91 bits per heavy atom. The highest BCUT2D eigenvalue weighted by atomic mass is 35.5. The molecule has 0 unspecified atom stereocenters. The molecule has 0 aliphatic heterocycles. The zero-order valence-electron chi connectivity index (χ0n) is 19.1. The zero-order valence-corrected chi connectivity index (χ0v) is 19.8. The number of nitrogens with one attached hydrogen (secondary N) is 1. The molecule has 0 radical (unpaired) electrons. The van der Waals surface area contributed by atoms with E-state index >= 15 is 0 Å². The number of aryl methyl sites for hydroxylation is 2. The van der Waals surface area contributed by atoms with E-state index in [0.29, 0.717) is 35.7 Å². The highest BCUT2D eigenvalue weighted by molar-refractivity contribution is 6.30. The molecule has 0 bridgehead atoms. The number of benzene rings is 2. The van der Waals surface area contributed by atoms with Crippen LogP contribution in [0.5, 0.6) is 0 Å². The van der Waals surface area contributed by atoms with E-state index in [0.717, 1.165) is 33.8 Å². The first-order valence-electron chi connectivity index (χ1n) is 11.3. The summed E-state index contributed by atoms with van der Waals surface area (Å²) in [5.41, 5.74) is 6.20. The monoisotopic (exact) mass is 465 g/mol. The second kappa shape index (κ2) is 9.89. The lowest BCUT2D eigenvalue weighted by atomic mass is 10.0. The summed E-state index contributed by atoms with van der Waals surface area (Å²) < 4.78 is 5.65. The third-order valence-corrected chi connectivity index (χ3v) is 6.23. The number of hydrogen-bond acceptors (Lipinski definition) is 6. The molecule has 4 rings (SSSR count). The van der Waals surface area contributed by atoms with Gasteiger partial charge in [0, 0.05) is 23.9 Å². The fourth-order valence-electron chi connectivity index (χ4n) is 4.45. The molecule has 1 aromatic heterocycles. The van der Waals surface area contributed by atoms with Crippen LogP contribution in [0.15, 0.2) is 42.5 Å². The fraction of sp³-hybridized carbons (Fsp3) is 0.346. The van der Waals surface area contributed by atoms with Crippen molar-refractivity contribution in [3.05, 3.63) is 75.6 Å². The Balaban J connectivity index is 1.76. The first-order chi connectivity index (χ1) is 15.9. The molecular formula is C26H28ClN3O3. The van der Waals surface area contributed by atoms with E-state index in [1.54, 1.807) is 12.1 Å². The number of aliphatic hydroxyl groups is 1. The van der Waals surface area contributed by atoms with Crippen LogP contribution in [0.25, 0.3) is 11.3 Å². The SMILES string of the molecule is CCc1nc(-c2ccc(Cl)cc2CO)c(CC)nc1N[C@@H]1c2ccccc2C[C@@H]1OC(C)=O. The van der Waals surface area contributed by atoms with E-state index in [1.807, 2.05) is 32.0 Å². The summed E-state index contributed by atoms with van der Waals surface area (Å²) in [5.74, 6) is 0.390. The number of anilines is 1. The Labute approximate surface area is 199 Å². The second-order valence-electron chi connectivity index (χ2n) is 8.15. The third kappa shape index (κ3) is 4.72. The summed E-state index contributed by atoms with van der Waals surface area (Å²) in [5, 5.41) is 14.0. The molecule has 2 N–H and O–H groups in total. The first-order valence-corrected chi connectivity index (χ1v) is 11.6. The summed E-state index contributed by atoms with van der Waals surface area (Å²) in [4.78, 5) is 21.7. The molecule has 1 aliphatic rings. The molecule has 0 saturated heterocycles. The summed E-state index contributed by atoms with van der Waals surface area (Å²) in [6, 6.07) is 13.4. The topological polar surface area (TPSA) is 84.3 Å². The number of rotatable bonds is 7. The predicted molar refractivity (Wildman–Crippen MR) is 129 cm³/mol. The van der Waals surface area contributed by atoms with E-state index in [2.05, 4.69) is 17.4 Å². The second-order valence-corrected chi connectivity index (χ2v) is 8.59. The third-order valence-electron chi connectivity index (χ3n) is 6.00. The zero-order chi connectivity index (χ0) is 23.5. The molecule has 33 heavy (non-hydrogen) atoms. The van der Waals surface area contributed by atoms with Crippen LogP contribution in [-0.2, 0) is 35.4 Å². The number of aliphatic hydroxyl groups excluding tert-OH is 1. The van der Waals surface area contributed by atoms with Gasteiger partial charge in [-0.3, -0.25) is 4.79 Å². The maximum absolute atomic E-state index is 11.8. The Morgan fingerprint density at radius 1 is 1.15 bits per heavy atom. The van der Waals surface area contributed by atoms with Gasteiger partial charge in [-0.05, 0) is 41.7 Å². The average molecular weight is 466 g/mol. The molecule has 3 aromatic rings. The number of carbonyl (C=O) groups is 1. The van der Waals surface area contributed by atoms with Gasteiger partial charge in [-0.2, -0.15) is 0 Å². The van der Waals surface area contributed by atoms with E-state index in [-0.39, 0.29) is 24.7 Å². The number of ether oxygens (including phenoxy) is 1. The number of fused-ring (bicyclic) bond motifs is 1. The van der Waals surface area contributed by atoms with Crippen molar-refractivity contribution in [3.8, 4) is 11.3 Å². The van der Waals surface area contributed by atoms with E-state index < -0.39 is 0 Å². The Morgan fingerprint density at radius 3 is 2.61 bits per heavy atom. The number of halogens is 1. The molecule has 0 amide bonds. The predicted octanol–water partition coefficient (Wildman–Crippen LogP) is 5.06. The first kappa shape index (κ1) is 23.2. The average Bonchev–Trinajstić information content (AvgIpc) is 3.15. The number of aromatic nitrogens is 2. The summed E-state index contributed by atoms with van der Waals surface area (Å²) in [6.45, 7) is 5.37. The molecule has 1 aliphatic carbocycles. The summed E-state index contributed by atoms with van der Waals surface area (Å²) >= 11 is 6.13. The standard InChI is InChI=1S/C26H28ClN3O3/c1-4-21-24(20-11-10-18(27)12-17(20)14-31)28-22(5-2)26(29-21)30-25-19-9-7-6-8-16(19)13-23(25)33-15(3)32/h6-12,23,25,31H,4-5,13-14H2,1-3H3,(H,29,30)/t23-,25+/m0/s1. The van der Waals surface area contributed by atoms with E-state index in [1.165, 1.54) is 6.92 Å². The van der Waals surface area contributed by atoms with Gasteiger partial charge in [0.05, 0.1) is 29.7 Å². The van der Waals surface area contributed by atoms with Crippen molar-refractivity contribution < 1.29 is 14.6 Å². The van der Waals surface area contributed by atoms with Gasteiger partial charge < -0.3 is 15.2 Å². The van der Waals surface area contributed by atoms with Crippen LogP contribution in [0.2, 0.25) is 5.02 Å². The van der Waals surface area contributed by atoms with Gasteiger partial charge in [0.2, 0.25) is 0 Å². The lowest BCUT2D eigenvalue weighted by molar-refractivity contribution is -0.146. The Bertz CT molecular complexity index is 1180. The van der Waals surface area contributed by atoms with Crippen molar-refractivity contribution in [3.63, 3.8) is 0 Å². The van der Waals surface area contributed by atoms with Gasteiger partial charge in [0.15, 0.2) is 0 Å². The van der Waals surface area contributed by atoms with Gasteiger partial charge in [-0.1, -0.05) is 55.8 Å². The van der Waals surface area contributed by atoms with Crippen molar-refractivity contribution in [1.29, 1.82) is 0 Å². The van der Waals surface area contributed by atoms with Crippen molar-refractivity contribution >= 4 is 23.4 Å². The van der Waals surface area contributed by atoms with Gasteiger partial charge in [-0.15, -0.1) is 0 Å². The van der Waals surface area contributed by atoms with Gasteiger partial charge in [-0.25, -0.2) is 9.97 Å². The highest BCUT2D eigenvalue weighted by Gasteiger charge is 2.35. The minimum atomic E-state index is -0.312. The smallest absolute Gasteiger partial charge is 0.302 e. The van der Waals surface area contributed by atoms with Crippen LogP contribution in [0, 0.1) is 0 Å². The van der Waals surface area contributed by atoms with Crippen molar-refractivity contribution in [2.45, 2.75) is 58.8 Å². The van der Waals surface area contributed by atoms with E-state index in [4.69, 9.17) is 26.3 Å². The van der Waals surface area contributed by atoms with Gasteiger partial charge in [0.25, 0.3) is 0 Å². The summed E-state index contributed by atoms with van der Waals surface area (Å²) in [7, 11) is 0. The maximum Gasteiger partial charge on any atom is 0.302 e. The molecule has 0 spiro atoms. The molecule has 6 nitrogen and oxygen atoms in total. The number of carbonyl (C=O) groups excluding carboxylic acids is 1. The molecule has 1 heterocycles. The lowest BCUT2D eigenvalue weighted by Gasteiger charge is -2.24. The van der Waals surface area contributed by atoms with Crippen molar-refractivity contribution in [2.24, 2.45) is 0 Å². The molecular weight excluding hydrogens is 438 g/mol. The number of nitrogens with zero attached hydrogens (tertiary/aromatic N) is 2. The quantitative estimate of drug-likeness (QED) is 0.475. The van der Waals surface area contributed by atoms with Gasteiger partial charge in [0.1, 0.15) is 11.9 Å². The van der Waals surface area contributed by atoms with Crippen LogP contribution in [0.3, 0.4) is 0 Å². The van der Waals surface area contributed by atoms with Crippen molar-refractivity contribution in [2.75, 3.05) is 5.32 Å². The number of hydrogen-bond donors (Lipinski definition) is 2. The van der Waals surface area contributed by atoms with Crippen LogP contribution in [-0.4, -0.2) is 27.1 Å². The highest BCUT2D eigenvalue weighted by Crippen LogP contribution is 2.37. The minimum Gasteiger partial charge on any atom is -0.460 e. The van der Waals surface area contributed by atoms with Crippen molar-refractivity contribution in [1.82, 2.24) is 9.97 Å². The Kier molecular flexibility index (Phi) is 6.96. The molecule has 0 saturated carbocycles. The molecule has 0 fully saturated rings. The molecule has 2 aromatic carbocycles. The van der Waals surface area contributed by atoms with Crippen LogP contribution in [0.1, 0.15) is 54.9 Å². The summed E-state index contributed by atoms with van der Waals surface area (Å²) in [6.07, 6.45) is 1.68. The Hall–Kier alpha value is -2.96. The number of esters is 1. The largest absolute Gasteiger partial charge is 0.460 e.